The normalized spacial score (nSPS) is 12.5. The van der Waals surface area contributed by atoms with Crippen molar-refractivity contribution in [3.05, 3.63) is 0 Å². The van der Waals surface area contributed by atoms with E-state index >= 15 is 0 Å². The molecule has 0 aromatic rings. The summed E-state index contributed by atoms with van der Waals surface area (Å²) in [4.78, 5) is 11.2. The molecule has 0 fully saturated rings. The Hall–Kier alpha value is -0.610. The Labute approximate surface area is 79.7 Å². The van der Waals surface area contributed by atoms with Crippen molar-refractivity contribution in [2.75, 3.05) is 20.2 Å². The van der Waals surface area contributed by atoms with Gasteiger partial charge in [-0.25, -0.2) is 0 Å². The zero-order valence-corrected chi connectivity index (χ0v) is 8.47. The number of aliphatic hydroxyl groups is 1. The first kappa shape index (κ1) is 12.4. The van der Waals surface area contributed by atoms with Gasteiger partial charge in [0.05, 0.1) is 12.6 Å². The van der Waals surface area contributed by atoms with Crippen molar-refractivity contribution in [2.24, 2.45) is 0 Å². The van der Waals surface area contributed by atoms with Crippen LogP contribution >= 0.6 is 0 Å². The van der Waals surface area contributed by atoms with E-state index in [0.717, 1.165) is 19.4 Å². The second kappa shape index (κ2) is 8.01. The molecule has 0 spiro atoms. The third-order valence-electron chi connectivity index (χ3n) is 1.91. The molecular formula is C9H20N2O2. The van der Waals surface area contributed by atoms with Crippen LogP contribution in [0.3, 0.4) is 0 Å². The minimum atomic E-state index is -0.0814. The Morgan fingerprint density at radius 3 is 2.69 bits per heavy atom. The lowest BCUT2D eigenvalue weighted by molar-refractivity contribution is -0.122. The van der Waals surface area contributed by atoms with Gasteiger partial charge in [0.15, 0.2) is 0 Å². The monoisotopic (exact) mass is 188 g/mol. The number of amides is 1. The first-order valence-corrected chi connectivity index (χ1v) is 4.79. The Morgan fingerprint density at radius 1 is 1.54 bits per heavy atom. The molecule has 13 heavy (non-hydrogen) atoms. The van der Waals surface area contributed by atoms with E-state index in [2.05, 4.69) is 10.6 Å². The van der Waals surface area contributed by atoms with Crippen LogP contribution in [0.1, 0.15) is 26.2 Å². The first-order valence-electron chi connectivity index (χ1n) is 4.79. The minimum Gasteiger partial charge on any atom is -0.394 e. The Morgan fingerprint density at radius 2 is 2.23 bits per heavy atom. The fourth-order valence-corrected chi connectivity index (χ4v) is 1.00. The van der Waals surface area contributed by atoms with E-state index in [0.29, 0.717) is 6.42 Å². The molecule has 0 saturated carbocycles. The van der Waals surface area contributed by atoms with Gasteiger partial charge in [-0.05, 0) is 26.4 Å². The van der Waals surface area contributed by atoms with Gasteiger partial charge in [-0.15, -0.1) is 0 Å². The summed E-state index contributed by atoms with van der Waals surface area (Å²) in [6.45, 7) is 2.81. The Bertz CT molecular complexity index is 136. The maximum Gasteiger partial charge on any atom is 0.220 e. The molecule has 0 aliphatic carbocycles. The van der Waals surface area contributed by atoms with Crippen LogP contribution in [0.5, 0.6) is 0 Å². The van der Waals surface area contributed by atoms with E-state index in [1.54, 1.807) is 0 Å². The van der Waals surface area contributed by atoms with E-state index in [1.807, 2.05) is 14.0 Å². The number of hydrogen-bond acceptors (Lipinski definition) is 3. The summed E-state index contributed by atoms with van der Waals surface area (Å²) < 4.78 is 0. The molecule has 4 nitrogen and oxygen atoms in total. The maximum atomic E-state index is 11.2. The van der Waals surface area contributed by atoms with Crippen LogP contribution in [0.15, 0.2) is 0 Å². The Kier molecular flexibility index (Phi) is 7.63. The molecule has 0 heterocycles. The number of rotatable bonds is 7. The van der Waals surface area contributed by atoms with E-state index < -0.39 is 0 Å². The highest BCUT2D eigenvalue weighted by Crippen LogP contribution is 1.92. The fraction of sp³-hybridized carbons (Fsp3) is 0.889. The lowest BCUT2D eigenvalue weighted by atomic mass is 10.2. The number of nitrogens with one attached hydrogen (secondary N) is 2. The van der Waals surface area contributed by atoms with E-state index in [1.165, 1.54) is 0 Å². The standard InChI is InChI=1S/C9H20N2O2/c1-3-8(7-12)11-9(13)5-4-6-10-2/h8,10,12H,3-7H2,1-2H3,(H,11,13)/t8-/m0/s1. The summed E-state index contributed by atoms with van der Waals surface area (Å²) in [7, 11) is 1.86. The summed E-state index contributed by atoms with van der Waals surface area (Å²) in [6, 6.07) is -0.0814. The van der Waals surface area contributed by atoms with Gasteiger partial charge < -0.3 is 15.7 Å². The quantitative estimate of drug-likeness (QED) is 0.488. The van der Waals surface area contributed by atoms with E-state index in [-0.39, 0.29) is 18.6 Å². The zero-order valence-electron chi connectivity index (χ0n) is 8.47. The number of aliphatic hydroxyl groups excluding tert-OH is 1. The molecule has 1 amide bonds. The van der Waals surface area contributed by atoms with Gasteiger partial charge in [0.1, 0.15) is 0 Å². The molecule has 0 aromatic heterocycles. The van der Waals surface area contributed by atoms with Crippen molar-refractivity contribution >= 4 is 5.91 Å². The SMILES string of the molecule is CC[C@@H](CO)NC(=O)CCCNC. The summed E-state index contributed by atoms with van der Waals surface area (Å²) in [6.07, 6.45) is 2.13. The highest BCUT2D eigenvalue weighted by molar-refractivity contribution is 5.76. The molecule has 0 rings (SSSR count). The second-order valence-corrected chi connectivity index (χ2v) is 3.06. The van der Waals surface area contributed by atoms with Crippen LogP contribution in [0.25, 0.3) is 0 Å². The largest absolute Gasteiger partial charge is 0.394 e. The van der Waals surface area contributed by atoms with Crippen LogP contribution in [0.4, 0.5) is 0 Å². The molecule has 0 aliphatic rings. The van der Waals surface area contributed by atoms with Crippen LogP contribution in [0.2, 0.25) is 0 Å². The molecule has 0 saturated heterocycles. The average Bonchev–Trinajstić information content (AvgIpc) is 2.14. The lowest BCUT2D eigenvalue weighted by Crippen LogP contribution is -2.37. The smallest absolute Gasteiger partial charge is 0.220 e. The number of carbonyl (C=O) groups is 1. The Balaban J connectivity index is 3.48. The van der Waals surface area contributed by atoms with Crippen molar-refractivity contribution in [3.63, 3.8) is 0 Å². The molecule has 4 heteroatoms. The van der Waals surface area contributed by atoms with Gasteiger partial charge >= 0.3 is 0 Å². The van der Waals surface area contributed by atoms with Crippen molar-refractivity contribution in [2.45, 2.75) is 32.2 Å². The minimum absolute atomic E-state index is 0.0221. The number of carbonyl (C=O) groups excluding carboxylic acids is 1. The summed E-state index contributed by atoms with van der Waals surface area (Å²) in [5.41, 5.74) is 0. The highest BCUT2D eigenvalue weighted by atomic mass is 16.3. The second-order valence-electron chi connectivity index (χ2n) is 3.06. The van der Waals surface area contributed by atoms with Crippen molar-refractivity contribution in [3.8, 4) is 0 Å². The topological polar surface area (TPSA) is 61.4 Å². The van der Waals surface area contributed by atoms with Crippen LogP contribution in [-0.4, -0.2) is 37.3 Å². The molecular weight excluding hydrogens is 168 g/mol. The van der Waals surface area contributed by atoms with Crippen LogP contribution < -0.4 is 10.6 Å². The average molecular weight is 188 g/mol. The van der Waals surface area contributed by atoms with Crippen molar-refractivity contribution in [1.29, 1.82) is 0 Å². The van der Waals surface area contributed by atoms with E-state index in [4.69, 9.17) is 5.11 Å². The molecule has 1 atom stereocenters. The third-order valence-corrected chi connectivity index (χ3v) is 1.91. The van der Waals surface area contributed by atoms with Crippen molar-refractivity contribution < 1.29 is 9.90 Å². The molecule has 0 aromatic carbocycles. The van der Waals surface area contributed by atoms with E-state index in [9.17, 15) is 4.79 Å². The van der Waals surface area contributed by atoms with Gasteiger partial charge in [-0.3, -0.25) is 4.79 Å². The first-order chi connectivity index (χ1) is 6.24. The van der Waals surface area contributed by atoms with Gasteiger partial charge in [-0.1, -0.05) is 6.92 Å². The molecule has 0 bridgehead atoms. The molecule has 0 unspecified atom stereocenters. The molecule has 0 aliphatic heterocycles. The molecule has 78 valence electrons. The molecule has 0 radical (unpaired) electrons. The predicted molar refractivity (Wildman–Crippen MR) is 52.5 cm³/mol. The van der Waals surface area contributed by atoms with Gasteiger partial charge in [-0.2, -0.15) is 0 Å². The predicted octanol–water partition coefficient (Wildman–Crippen LogP) is -0.127. The van der Waals surface area contributed by atoms with Gasteiger partial charge in [0.2, 0.25) is 5.91 Å². The third kappa shape index (κ3) is 6.54. The van der Waals surface area contributed by atoms with Crippen LogP contribution in [-0.2, 0) is 4.79 Å². The summed E-state index contributed by atoms with van der Waals surface area (Å²) in [5.74, 6) is 0.0242. The van der Waals surface area contributed by atoms with Crippen molar-refractivity contribution in [1.82, 2.24) is 10.6 Å². The zero-order chi connectivity index (χ0) is 10.1. The summed E-state index contributed by atoms with van der Waals surface area (Å²) in [5, 5.41) is 14.6. The molecule has 3 N–H and O–H groups in total. The number of hydrogen-bond donors (Lipinski definition) is 3. The highest BCUT2D eigenvalue weighted by Gasteiger charge is 2.07. The lowest BCUT2D eigenvalue weighted by Gasteiger charge is -2.13. The van der Waals surface area contributed by atoms with Gasteiger partial charge in [0.25, 0.3) is 0 Å². The van der Waals surface area contributed by atoms with Crippen LogP contribution in [0, 0.1) is 0 Å². The van der Waals surface area contributed by atoms with Gasteiger partial charge in [0, 0.05) is 6.42 Å². The fourth-order valence-electron chi connectivity index (χ4n) is 1.00. The maximum absolute atomic E-state index is 11.2. The summed E-state index contributed by atoms with van der Waals surface area (Å²) >= 11 is 0.